The third-order valence-corrected chi connectivity index (χ3v) is 9.01. The number of carbonyl (C=O) groups excluding carboxylic acids is 2. The van der Waals surface area contributed by atoms with Gasteiger partial charge in [-0.2, -0.15) is 0 Å². The van der Waals surface area contributed by atoms with Crippen LogP contribution in [0.15, 0.2) is 108 Å². The van der Waals surface area contributed by atoms with E-state index < -0.39 is 34.3 Å². The Hall–Kier alpha value is -4.50. The third-order valence-electron chi connectivity index (χ3n) is 7.23. The van der Waals surface area contributed by atoms with E-state index in [0.29, 0.717) is 6.54 Å². The lowest BCUT2D eigenvalue weighted by molar-refractivity contribution is -0.140. The molecule has 0 aromatic heterocycles. The second kappa shape index (κ2) is 14.1. The molecule has 7 nitrogen and oxygen atoms in total. The predicted octanol–water partition coefficient (Wildman–Crippen LogP) is 5.41. The van der Waals surface area contributed by atoms with Crippen molar-refractivity contribution in [3.05, 3.63) is 131 Å². The Morgan fingerprint density at radius 1 is 0.837 bits per heavy atom. The molecule has 0 radical (unpaired) electrons. The average Bonchev–Trinajstić information content (AvgIpc) is 3.00. The normalized spacial score (nSPS) is 11.9. The van der Waals surface area contributed by atoms with E-state index in [1.54, 1.807) is 31.2 Å². The highest BCUT2D eigenvalue weighted by Crippen LogP contribution is 2.26. The van der Waals surface area contributed by atoms with Gasteiger partial charge in [0.25, 0.3) is 10.0 Å². The fourth-order valence-corrected chi connectivity index (χ4v) is 6.20. The maximum Gasteiger partial charge on any atom is 0.264 e. The number of anilines is 1. The Balaban J connectivity index is 1.80. The van der Waals surface area contributed by atoms with Crippen LogP contribution in [0, 0.1) is 19.7 Å². The number of aryl methyl sites for hydroxylation is 2. The van der Waals surface area contributed by atoms with Gasteiger partial charge in [0.05, 0.1) is 10.6 Å². The quantitative estimate of drug-likeness (QED) is 0.235. The van der Waals surface area contributed by atoms with E-state index in [2.05, 4.69) is 5.32 Å². The Morgan fingerprint density at radius 2 is 1.47 bits per heavy atom. The van der Waals surface area contributed by atoms with Gasteiger partial charge < -0.3 is 10.2 Å². The van der Waals surface area contributed by atoms with Crippen LogP contribution in [0.4, 0.5) is 10.1 Å². The lowest BCUT2D eigenvalue weighted by atomic mass is 10.0. The summed E-state index contributed by atoms with van der Waals surface area (Å²) in [4.78, 5) is 29.2. The SMILES string of the molecule is CCNC(=O)C(Cc1ccccc1)N(Cc1ccccc1C)C(=O)CN(c1ccc(C)cc1)S(=O)(=O)c1ccc(F)cc1. The van der Waals surface area contributed by atoms with E-state index in [1.165, 1.54) is 17.0 Å². The van der Waals surface area contributed by atoms with Crippen LogP contribution in [0.3, 0.4) is 0 Å². The number of hydrogen-bond donors (Lipinski definition) is 1. The van der Waals surface area contributed by atoms with Crippen molar-refractivity contribution in [1.29, 1.82) is 0 Å². The highest BCUT2D eigenvalue weighted by Gasteiger charge is 2.34. The van der Waals surface area contributed by atoms with Crippen molar-refractivity contribution in [3.8, 4) is 0 Å². The molecule has 1 atom stereocenters. The molecular weight excluding hydrogens is 565 g/mol. The van der Waals surface area contributed by atoms with Crippen molar-refractivity contribution in [2.75, 3.05) is 17.4 Å². The molecule has 0 spiro atoms. The van der Waals surface area contributed by atoms with Gasteiger partial charge in [-0.25, -0.2) is 12.8 Å². The molecule has 1 unspecified atom stereocenters. The van der Waals surface area contributed by atoms with Gasteiger partial charge in [0.2, 0.25) is 11.8 Å². The summed E-state index contributed by atoms with van der Waals surface area (Å²) in [5, 5.41) is 2.85. The van der Waals surface area contributed by atoms with Gasteiger partial charge in [-0.05, 0) is 73.9 Å². The lowest BCUT2D eigenvalue weighted by Gasteiger charge is -2.34. The van der Waals surface area contributed by atoms with Crippen LogP contribution in [0.5, 0.6) is 0 Å². The molecule has 0 saturated heterocycles. The standard InChI is InChI=1S/C34H36FN3O4S/c1-4-36-34(40)32(22-27-11-6-5-7-12-27)37(23-28-13-9-8-10-26(28)3)33(39)24-38(30-18-14-25(2)15-19-30)43(41,42)31-20-16-29(35)17-21-31/h5-21,32H,4,22-24H2,1-3H3,(H,36,40). The van der Waals surface area contributed by atoms with E-state index in [-0.39, 0.29) is 29.5 Å². The van der Waals surface area contributed by atoms with E-state index in [0.717, 1.165) is 38.7 Å². The molecule has 0 bridgehead atoms. The zero-order valence-electron chi connectivity index (χ0n) is 24.5. The number of halogens is 1. The van der Waals surface area contributed by atoms with Crippen molar-refractivity contribution in [2.24, 2.45) is 0 Å². The topological polar surface area (TPSA) is 86.8 Å². The maximum atomic E-state index is 14.4. The predicted molar refractivity (Wildman–Crippen MR) is 166 cm³/mol. The van der Waals surface area contributed by atoms with Crippen molar-refractivity contribution >= 4 is 27.5 Å². The van der Waals surface area contributed by atoms with Gasteiger partial charge >= 0.3 is 0 Å². The fraction of sp³-hybridized carbons (Fsp3) is 0.235. The van der Waals surface area contributed by atoms with Gasteiger partial charge in [-0.15, -0.1) is 0 Å². The summed E-state index contributed by atoms with van der Waals surface area (Å²) in [6.45, 7) is 5.49. The Kier molecular flexibility index (Phi) is 10.3. The molecule has 0 aliphatic heterocycles. The number of likely N-dealkylation sites (N-methyl/N-ethyl adjacent to an activating group) is 1. The second-order valence-electron chi connectivity index (χ2n) is 10.3. The Morgan fingerprint density at radius 3 is 2.09 bits per heavy atom. The van der Waals surface area contributed by atoms with Crippen molar-refractivity contribution in [3.63, 3.8) is 0 Å². The Bertz CT molecular complexity index is 1640. The highest BCUT2D eigenvalue weighted by molar-refractivity contribution is 7.92. The smallest absolute Gasteiger partial charge is 0.264 e. The van der Waals surface area contributed by atoms with Crippen molar-refractivity contribution in [2.45, 2.75) is 44.7 Å². The van der Waals surface area contributed by atoms with Crippen LogP contribution in [0.25, 0.3) is 0 Å². The summed E-state index contributed by atoms with van der Waals surface area (Å²) < 4.78 is 42.6. The van der Waals surface area contributed by atoms with E-state index in [4.69, 9.17) is 0 Å². The minimum Gasteiger partial charge on any atom is -0.355 e. The van der Waals surface area contributed by atoms with Crippen LogP contribution in [0.1, 0.15) is 29.2 Å². The summed E-state index contributed by atoms with van der Waals surface area (Å²) >= 11 is 0. The van der Waals surface area contributed by atoms with E-state index in [9.17, 15) is 22.4 Å². The fourth-order valence-electron chi connectivity index (χ4n) is 4.79. The number of sulfonamides is 1. The molecule has 0 aliphatic rings. The minimum atomic E-state index is -4.29. The lowest BCUT2D eigenvalue weighted by Crippen LogP contribution is -2.53. The third kappa shape index (κ3) is 7.87. The van der Waals surface area contributed by atoms with E-state index in [1.807, 2.05) is 68.4 Å². The summed E-state index contributed by atoms with van der Waals surface area (Å²) in [5.74, 6) is -1.47. The molecule has 9 heteroatoms. The second-order valence-corrected chi connectivity index (χ2v) is 12.2. The van der Waals surface area contributed by atoms with Crippen LogP contribution >= 0.6 is 0 Å². The number of nitrogens with zero attached hydrogens (tertiary/aromatic N) is 2. The molecule has 224 valence electrons. The zero-order chi connectivity index (χ0) is 31.0. The summed E-state index contributed by atoms with van der Waals surface area (Å²) in [5.41, 5.74) is 3.81. The first-order valence-corrected chi connectivity index (χ1v) is 15.5. The van der Waals surface area contributed by atoms with Crippen LogP contribution < -0.4 is 9.62 Å². The first kappa shape index (κ1) is 31.4. The molecule has 0 heterocycles. The van der Waals surface area contributed by atoms with Gasteiger partial charge in [0, 0.05) is 19.5 Å². The minimum absolute atomic E-state index is 0.0957. The number of nitrogens with one attached hydrogen (secondary N) is 1. The van der Waals surface area contributed by atoms with Crippen LogP contribution in [-0.2, 0) is 32.6 Å². The van der Waals surface area contributed by atoms with Gasteiger partial charge in [0.15, 0.2) is 0 Å². The molecular formula is C34H36FN3O4S. The van der Waals surface area contributed by atoms with Crippen LogP contribution in [0.2, 0.25) is 0 Å². The zero-order valence-corrected chi connectivity index (χ0v) is 25.4. The molecule has 4 aromatic carbocycles. The highest BCUT2D eigenvalue weighted by atomic mass is 32.2. The Labute approximate surface area is 253 Å². The van der Waals surface area contributed by atoms with Crippen molar-refractivity contribution in [1.82, 2.24) is 10.2 Å². The molecule has 2 amide bonds. The monoisotopic (exact) mass is 601 g/mol. The largest absolute Gasteiger partial charge is 0.355 e. The summed E-state index contributed by atoms with van der Waals surface area (Å²) in [7, 11) is -4.29. The molecule has 0 fully saturated rings. The van der Waals surface area contributed by atoms with Gasteiger partial charge in [-0.3, -0.25) is 13.9 Å². The molecule has 0 saturated carbocycles. The van der Waals surface area contributed by atoms with Crippen molar-refractivity contribution < 1.29 is 22.4 Å². The number of carbonyl (C=O) groups is 2. The molecule has 4 aromatic rings. The molecule has 0 aliphatic carbocycles. The first-order valence-electron chi connectivity index (χ1n) is 14.1. The van der Waals surface area contributed by atoms with Gasteiger partial charge in [0.1, 0.15) is 18.4 Å². The number of rotatable bonds is 12. The summed E-state index contributed by atoms with van der Waals surface area (Å²) in [6, 6.07) is 27.3. The number of benzene rings is 4. The summed E-state index contributed by atoms with van der Waals surface area (Å²) in [6.07, 6.45) is 0.236. The first-order chi connectivity index (χ1) is 20.6. The maximum absolute atomic E-state index is 14.4. The number of amides is 2. The molecule has 43 heavy (non-hydrogen) atoms. The molecule has 1 N–H and O–H groups in total. The van der Waals surface area contributed by atoms with E-state index >= 15 is 0 Å². The van der Waals surface area contributed by atoms with Gasteiger partial charge in [-0.1, -0.05) is 72.3 Å². The molecule has 4 rings (SSSR count). The average molecular weight is 602 g/mol. The van der Waals surface area contributed by atoms with Crippen LogP contribution in [-0.4, -0.2) is 44.3 Å². The number of hydrogen-bond acceptors (Lipinski definition) is 4.